The van der Waals surface area contributed by atoms with Crippen molar-refractivity contribution >= 4 is 23.4 Å². The molecule has 1 heterocycles. The molecule has 0 bridgehead atoms. The number of thioether (sulfide) groups is 1. The third-order valence-electron chi connectivity index (χ3n) is 4.44. The van der Waals surface area contributed by atoms with Crippen LogP contribution in [-0.2, 0) is 11.8 Å². The van der Waals surface area contributed by atoms with Crippen molar-refractivity contribution in [2.24, 2.45) is 7.05 Å². The minimum atomic E-state index is -0.157. The van der Waals surface area contributed by atoms with E-state index in [0.29, 0.717) is 39.7 Å². The maximum Gasteiger partial charge on any atom is 0.234 e. The summed E-state index contributed by atoms with van der Waals surface area (Å²) in [5, 5.41) is 11.9. The molecule has 0 aliphatic rings. The fourth-order valence-electron chi connectivity index (χ4n) is 2.93. The van der Waals surface area contributed by atoms with E-state index in [1.54, 1.807) is 52.7 Å². The summed E-state index contributed by atoms with van der Waals surface area (Å²) >= 11 is 1.29. The number of ether oxygens (including phenoxy) is 4. The van der Waals surface area contributed by atoms with Gasteiger partial charge in [-0.25, -0.2) is 0 Å². The molecule has 0 aliphatic heterocycles. The quantitative estimate of drug-likeness (QED) is 0.503. The number of aromatic nitrogens is 3. The number of carbonyl (C=O) groups excluding carboxylic acids is 1. The lowest BCUT2D eigenvalue weighted by molar-refractivity contribution is -0.113. The van der Waals surface area contributed by atoms with Gasteiger partial charge < -0.3 is 28.8 Å². The van der Waals surface area contributed by atoms with Crippen molar-refractivity contribution in [2.75, 3.05) is 39.5 Å². The largest absolute Gasteiger partial charge is 0.497 e. The Hall–Kier alpha value is -3.40. The van der Waals surface area contributed by atoms with Gasteiger partial charge in [0.05, 0.1) is 34.2 Å². The van der Waals surface area contributed by atoms with Gasteiger partial charge in [0, 0.05) is 24.4 Å². The molecular weight excluding hydrogens is 420 g/mol. The molecule has 164 valence electrons. The molecule has 10 heteroatoms. The van der Waals surface area contributed by atoms with E-state index in [2.05, 4.69) is 15.5 Å². The molecule has 31 heavy (non-hydrogen) atoms. The third kappa shape index (κ3) is 5.02. The zero-order valence-corrected chi connectivity index (χ0v) is 18.8. The van der Waals surface area contributed by atoms with Gasteiger partial charge in [0.2, 0.25) is 11.7 Å². The standard InChI is InChI=1S/C21H24N4O5S/c1-25-20(13-9-16(28-3)19(30-5)17(10-13)29-4)23-24-21(25)31-12-18(26)22-14-7-6-8-15(11-14)27-2/h6-11H,12H2,1-5H3,(H,22,26). The first-order chi connectivity index (χ1) is 15.0. The molecule has 0 radical (unpaired) electrons. The topological polar surface area (TPSA) is 96.7 Å². The Morgan fingerprint density at radius 1 is 1.00 bits per heavy atom. The molecule has 0 saturated heterocycles. The van der Waals surface area contributed by atoms with Crippen LogP contribution in [0.5, 0.6) is 23.0 Å². The van der Waals surface area contributed by atoms with Crippen LogP contribution in [0.25, 0.3) is 11.4 Å². The van der Waals surface area contributed by atoms with Crippen molar-refractivity contribution in [1.82, 2.24) is 14.8 Å². The summed E-state index contributed by atoms with van der Waals surface area (Å²) in [5.41, 5.74) is 1.42. The van der Waals surface area contributed by atoms with Gasteiger partial charge in [0.15, 0.2) is 22.5 Å². The van der Waals surface area contributed by atoms with E-state index in [1.165, 1.54) is 11.8 Å². The lowest BCUT2D eigenvalue weighted by Gasteiger charge is -2.14. The molecule has 1 aromatic heterocycles. The van der Waals surface area contributed by atoms with E-state index in [9.17, 15) is 4.79 Å². The zero-order chi connectivity index (χ0) is 22.4. The fraction of sp³-hybridized carbons (Fsp3) is 0.286. The summed E-state index contributed by atoms with van der Waals surface area (Å²) in [5.74, 6) is 2.84. The normalized spacial score (nSPS) is 10.5. The van der Waals surface area contributed by atoms with Crippen LogP contribution in [-0.4, -0.2) is 54.9 Å². The highest BCUT2D eigenvalue weighted by Crippen LogP contribution is 2.41. The number of amides is 1. The highest BCUT2D eigenvalue weighted by Gasteiger charge is 2.18. The lowest BCUT2D eigenvalue weighted by Crippen LogP contribution is -2.14. The first-order valence-electron chi connectivity index (χ1n) is 9.27. The maximum absolute atomic E-state index is 12.3. The number of methoxy groups -OCH3 is 4. The second-order valence-electron chi connectivity index (χ2n) is 6.35. The molecule has 3 rings (SSSR count). The number of nitrogens with one attached hydrogen (secondary N) is 1. The molecule has 3 aromatic rings. The Morgan fingerprint density at radius 2 is 1.71 bits per heavy atom. The summed E-state index contributed by atoms with van der Waals surface area (Å²) in [6, 6.07) is 10.8. The van der Waals surface area contributed by atoms with Crippen LogP contribution in [0.1, 0.15) is 0 Å². The molecule has 0 saturated carbocycles. The molecule has 0 atom stereocenters. The summed E-state index contributed by atoms with van der Waals surface area (Å²) < 4.78 is 23.2. The molecule has 1 amide bonds. The molecule has 2 aromatic carbocycles. The number of hydrogen-bond acceptors (Lipinski definition) is 8. The van der Waals surface area contributed by atoms with Gasteiger partial charge >= 0.3 is 0 Å². The van der Waals surface area contributed by atoms with Gasteiger partial charge in [0.25, 0.3) is 0 Å². The predicted molar refractivity (Wildman–Crippen MR) is 118 cm³/mol. The Balaban J connectivity index is 1.74. The van der Waals surface area contributed by atoms with Crippen LogP contribution in [0, 0.1) is 0 Å². The van der Waals surface area contributed by atoms with E-state index in [4.69, 9.17) is 18.9 Å². The maximum atomic E-state index is 12.3. The van der Waals surface area contributed by atoms with Crippen molar-refractivity contribution in [3.63, 3.8) is 0 Å². The van der Waals surface area contributed by atoms with Crippen LogP contribution in [0.15, 0.2) is 41.6 Å². The SMILES string of the molecule is COc1cccc(NC(=O)CSc2nnc(-c3cc(OC)c(OC)c(OC)c3)n2C)c1. The third-order valence-corrected chi connectivity index (χ3v) is 5.46. The second kappa shape index (κ2) is 10.1. The molecular formula is C21H24N4O5S. The zero-order valence-electron chi connectivity index (χ0n) is 18.0. The minimum Gasteiger partial charge on any atom is -0.497 e. The second-order valence-corrected chi connectivity index (χ2v) is 7.29. The minimum absolute atomic E-state index is 0.157. The number of carbonyl (C=O) groups is 1. The number of benzene rings is 2. The van der Waals surface area contributed by atoms with E-state index in [0.717, 1.165) is 5.56 Å². The van der Waals surface area contributed by atoms with Crippen molar-refractivity contribution in [2.45, 2.75) is 5.16 Å². The summed E-state index contributed by atoms with van der Waals surface area (Å²) in [7, 11) is 8.07. The van der Waals surface area contributed by atoms with Crippen molar-refractivity contribution in [1.29, 1.82) is 0 Å². The average molecular weight is 445 g/mol. The number of anilines is 1. The Kier molecular flexibility index (Phi) is 7.24. The predicted octanol–water partition coefficient (Wildman–Crippen LogP) is 3.25. The van der Waals surface area contributed by atoms with Crippen molar-refractivity contribution < 1.29 is 23.7 Å². The van der Waals surface area contributed by atoms with E-state index < -0.39 is 0 Å². The molecule has 9 nitrogen and oxygen atoms in total. The Bertz CT molecular complexity index is 1040. The lowest BCUT2D eigenvalue weighted by atomic mass is 10.1. The molecule has 0 aliphatic carbocycles. The molecule has 0 unspecified atom stereocenters. The fourth-order valence-corrected chi connectivity index (χ4v) is 3.64. The molecule has 1 N–H and O–H groups in total. The molecule has 0 spiro atoms. The van der Waals surface area contributed by atoms with Crippen LogP contribution >= 0.6 is 11.8 Å². The number of hydrogen-bond donors (Lipinski definition) is 1. The van der Waals surface area contributed by atoms with E-state index in [1.807, 2.05) is 23.7 Å². The summed E-state index contributed by atoms with van der Waals surface area (Å²) in [4.78, 5) is 12.3. The monoisotopic (exact) mass is 444 g/mol. The van der Waals surface area contributed by atoms with Gasteiger partial charge in [-0.15, -0.1) is 10.2 Å². The Labute approximate surface area is 184 Å². The van der Waals surface area contributed by atoms with Crippen LogP contribution in [0.4, 0.5) is 5.69 Å². The number of rotatable bonds is 9. The van der Waals surface area contributed by atoms with Crippen LogP contribution < -0.4 is 24.3 Å². The molecule has 0 fully saturated rings. The number of nitrogens with zero attached hydrogens (tertiary/aromatic N) is 3. The summed E-state index contributed by atoms with van der Waals surface area (Å²) in [6.45, 7) is 0. The Morgan fingerprint density at radius 3 is 2.32 bits per heavy atom. The van der Waals surface area contributed by atoms with Crippen molar-refractivity contribution in [3.8, 4) is 34.4 Å². The van der Waals surface area contributed by atoms with E-state index >= 15 is 0 Å². The van der Waals surface area contributed by atoms with Gasteiger partial charge in [-0.2, -0.15) is 0 Å². The van der Waals surface area contributed by atoms with Crippen LogP contribution in [0.2, 0.25) is 0 Å². The van der Waals surface area contributed by atoms with Gasteiger partial charge in [-0.3, -0.25) is 4.79 Å². The van der Waals surface area contributed by atoms with Gasteiger partial charge in [-0.1, -0.05) is 17.8 Å². The van der Waals surface area contributed by atoms with Gasteiger partial charge in [0.1, 0.15) is 5.75 Å². The highest BCUT2D eigenvalue weighted by molar-refractivity contribution is 7.99. The first kappa shape index (κ1) is 22.3. The van der Waals surface area contributed by atoms with E-state index in [-0.39, 0.29) is 11.7 Å². The summed E-state index contributed by atoms with van der Waals surface area (Å²) in [6.07, 6.45) is 0. The highest BCUT2D eigenvalue weighted by atomic mass is 32.2. The van der Waals surface area contributed by atoms with Gasteiger partial charge in [-0.05, 0) is 24.3 Å². The average Bonchev–Trinajstić information content (AvgIpc) is 3.16. The first-order valence-corrected chi connectivity index (χ1v) is 10.3. The van der Waals surface area contributed by atoms with Crippen LogP contribution in [0.3, 0.4) is 0 Å². The smallest absolute Gasteiger partial charge is 0.234 e. The van der Waals surface area contributed by atoms with Crippen molar-refractivity contribution in [3.05, 3.63) is 36.4 Å².